The Labute approximate surface area is 273 Å². The number of oxime groups is 1. The topological polar surface area (TPSA) is 147 Å². The molecule has 3 amide bonds. The molecule has 0 unspecified atom stereocenters. The van der Waals surface area contributed by atoms with Crippen LogP contribution >= 0.6 is 11.3 Å². The van der Waals surface area contributed by atoms with Gasteiger partial charge in [0.2, 0.25) is 11.8 Å². The lowest BCUT2D eigenvalue weighted by molar-refractivity contribution is -0.146. The first-order chi connectivity index (χ1) is 21.9. The number of thiophene rings is 1. The fraction of sp³-hybridized carbons (Fsp3) is 0.500. The van der Waals surface area contributed by atoms with E-state index in [0.717, 1.165) is 41.7 Å². The molecule has 46 heavy (non-hydrogen) atoms. The van der Waals surface area contributed by atoms with Gasteiger partial charge in [0.15, 0.2) is 0 Å². The Kier molecular flexibility index (Phi) is 9.85. The van der Waals surface area contributed by atoms with Crippen LogP contribution in [0.2, 0.25) is 0 Å². The van der Waals surface area contributed by atoms with Gasteiger partial charge in [-0.05, 0) is 49.0 Å². The maximum absolute atomic E-state index is 14.2. The SMILES string of the molecule is C=C[C@@H]1C[C@@]1(NC(=O)[C@@H]1C[C@@H](O/N=C/c2ccccc2-c2cccs2)CN1C(=O)[C@@H](NC(=O)OC1CCCC1)C(C)(C)C)C(=O)O. The van der Waals surface area contributed by atoms with Gasteiger partial charge in [-0.25, -0.2) is 9.59 Å². The van der Waals surface area contributed by atoms with Crippen LogP contribution in [0, 0.1) is 11.3 Å². The number of carboxylic acid groups (broad SMARTS) is 1. The number of benzene rings is 1. The van der Waals surface area contributed by atoms with Crippen molar-refractivity contribution in [3.63, 3.8) is 0 Å². The summed E-state index contributed by atoms with van der Waals surface area (Å²) in [6.07, 6.45) is 5.41. The molecule has 2 aliphatic carbocycles. The molecule has 2 saturated carbocycles. The van der Waals surface area contributed by atoms with Crippen LogP contribution in [0.5, 0.6) is 0 Å². The summed E-state index contributed by atoms with van der Waals surface area (Å²) in [7, 11) is 0. The smallest absolute Gasteiger partial charge is 0.408 e. The van der Waals surface area contributed by atoms with E-state index >= 15 is 0 Å². The second-order valence-corrected chi connectivity index (χ2v) is 14.3. The summed E-state index contributed by atoms with van der Waals surface area (Å²) in [6.45, 7) is 9.15. The van der Waals surface area contributed by atoms with E-state index in [2.05, 4.69) is 22.4 Å². The maximum Gasteiger partial charge on any atom is 0.408 e. The summed E-state index contributed by atoms with van der Waals surface area (Å²) in [5.74, 6) is -2.68. The number of hydrogen-bond donors (Lipinski definition) is 3. The third-order valence-electron chi connectivity index (χ3n) is 8.98. The van der Waals surface area contributed by atoms with Crippen LogP contribution in [0.15, 0.2) is 59.6 Å². The molecule has 5 rings (SSSR count). The molecule has 12 heteroatoms. The van der Waals surface area contributed by atoms with Crippen molar-refractivity contribution in [3.05, 3.63) is 60.0 Å². The van der Waals surface area contributed by atoms with E-state index < -0.39 is 58.9 Å². The van der Waals surface area contributed by atoms with Gasteiger partial charge < -0.3 is 30.2 Å². The molecule has 0 spiro atoms. The van der Waals surface area contributed by atoms with E-state index in [4.69, 9.17) is 9.57 Å². The lowest BCUT2D eigenvalue weighted by Crippen LogP contribution is -2.59. The summed E-state index contributed by atoms with van der Waals surface area (Å²) >= 11 is 1.61. The Bertz CT molecular complexity index is 1480. The molecule has 1 aromatic carbocycles. The summed E-state index contributed by atoms with van der Waals surface area (Å²) in [5.41, 5.74) is -0.366. The van der Waals surface area contributed by atoms with Gasteiger partial charge in [-0.1, -0.05) is 62.3 Å². The fourth-order valence-corrected chi connectivity index (χ4v) is 7.02. The van der Waals surface area contributed by atoms with Gasteiger partial charge in [-0.3, -0.25) is 9.59 Å². The minimum absolute atomic E-state index is 0.0116. The summed E-state index contributed by atoms with van der Waals surface area (Å²) in [4.78, 5) is 61.2. The number of carboxylic acids is 1. The quantitative estimate of drug-likeness (QED) is 0.177. The van der Waals surface area contributed by atoms with Gasteiger partial charge in [0.1, 0.15) is 29.8 Å². The highest BCUT2D eigenvalue weighted by Gasteiger charge is 2.61. The second kappa shape index (κ2) is 13.7. The lowest BCUT2D eigenvalue weighted by Gasteiger charge is -2.35. The van der Waals surface area contributed by atoms with Crippen molar-refractivity contribution in [2.75, 3.05) is 6.54 Å². The number of likely N-dealkylation sites (tertiary alicyclic amines) is 1. The zero-order valence-electron chi connectivity index (χ0n) is 26.4. The maximum atomic E-state index is 14.2. The highest BCUT2D eigenvalue weighted by Crippen LogP contribution is 2.45. The highest BCUT2D eigenvalue weighted by molar-refractivity contribution is 7.13. The number of carbonyl (C=O) groups excluding carboxylic acids is 3. The summed E-state index contributed by atoms with van der Waals surface area (Å²) in [6, 6.07) is 9.68. The average molecular weight is 651 g/mol. The number of carbonyl (C=O) groups is 4. The fourth-order valence-electron chi connectivity index (χ4n) is 6.25. The van der Waals surface area contributed by atoms with Crippen LogP contribution in [0.25, 0.3) is 10.4 Å². The van der Waals surface area contributed by atoms with Gasteiger partial charge in [-0.15, -0.1) is 17.9 Å². The first-order valence-corrected chi connectivity index (χ1v) is 16.6. The Morgan fingerprint density at radius 1 is 1.13 bits per heavy atom. The first kappa shape index (κ1) is 33.2. The standard InChI is InChI=1S/C34H42N4O7S/c1-5-22-18-34(22,31(41)42)37-29(39)26-17-24(45-35-19-21-11-6-9-14-25(21)27-15-10-16-46-27)20-38(26)30(40)28(33(2,3)4)36-32(43)44-23-12-7-8-13-23/h5-6,9-11,14-16,19,22-24,26,28H,1,7-8,12-13,17-18,20H2,2-4H3,(H,36,43)(H,37,39)(H,41,42)/b35-19+/t22-,24-,26+,28-,34+/m1/s1. The van der Waals surface area contributed by atoms with E-state index in [9.17, 15) is 24.3 Å². The molecule has 3 fully saturated rings. The average Bonchev–Trinajstić information content (AvgIpc) is 3.50. The molecule has 5 atom stereocenters. The number of rotatable bonds is 11. The Balaban J connectivity index is 1.35. The molecule has 1 aliphatic heterocycles. The van der Waals surface area contributed by atoms with Gasteiger partial charge >= 0.3 is 12.1 Å². The number of amides is 3. The van der Waals surface area contributed by atoms with E-state index in [1.54, 1.807) is 17.6 Å². The first-order valence-electron chi connectivity index (χ1n) is 15.7. The van der Waals surface area contributed by atoms with Crippen molar-refractivity contribution >= 4 is 41.4 Å². The van der Waals surface area contributed by atoms with Crippen LogP contribution in [0.3, 0.4) is 0 Å². The van der Waals surface area contributed by atoms with Crippen LogP contribution in [-0.2, 0) is 24.0 Å². The Morgan fingerprint density at radius 3 is 2.50 bits per heavy atom. The molecule has 2 heterocycles. The molecular weight excluding hydrogens is 608 g/mol. The minimum atomic E-state index is -1.47. The van der Waals surface area contributed by atoms with Gasteiger partial charge in [0.05, 0.1) is 12.8 Å². The molecule has 246 valence electrons. The zero-order valence-corrected chi connectivity index (χ0v) is 27.3. The van der Waals surface area contributed by atoms with Gasteiger partial charge in [0.25, 0.3) is 0 Å². The number of alkyl carbamates (subject to hydrolysis) is 1. The number of nitrogens with zero attached hydrogens (tertiary/aromatic N) is 2. The molecule has 1 aromatic heterocycles. The second-order valence-electron chi connectivity index (χ2n) is 13.3. The van der Waals surface area contributed by atoms with Gasteiger partial charge in [-0.2, -0.15) is 0 Å². The molecular formula is C34H42N4O7S. The van der Waals surface area contributed by atoms with Crippen molar-refractivity contribution < 1.29 is 33.9 Å². The van der Waals surface area contributed by atoms with Crippen molar-refractivity contribution in [1.29, 1.82) is 0 Å². The van der Waals surface area contributed by atoms with Crippen molar-refractivity contribution in [2.24, 2.45) is 16.5 Å². The number of nitrogens with one attached hydrogen (secondary N) is 2. The normalized spacial score (nSPS) is 25.2. The molecule has 0 radical (unpaired) electrons. The Hall–Kier alpha value is -4.19. The number of hydrogen-bond acceptors (Lipinski definition) is 8. The largest absolute Gasteiger partial charge is 0.479 e. The van der Waals surface area contributed by atoms with Crippen LogP contribution in [-0.4, -0.2) is 76.5 Å². The van der Waals surface area contributed by atoms with E-state index in [1.807, 2.05) is 62.5 Å². The zero-order chi connectivity index (χ0) is 33.1. The van der Waals surface area contributed by atoms with Crippen molar-refractivity contribution in [3.8, 4) is 10.4 Å². The molecule has 11 nitrogen and oxygen atoms in total. The predicted octanol–water partition coefficient (Wildman–Crippen LogP) is 4.96. The monoisotopic (exact) mass is 650 g/mol. The van der Waals surface area contributed by atoms with Crippen LogP contribution in [0.1, 0.15) is 64.9 Å². The van der Waals surface area contributed by atoms with E-state index in [1.165, 1.54) is 11.0 Å². The van der Waals surface area contributed by atoms with Crippen molar-refractivity contribution in [1.82, 2.24) is 15.5 Å². The molecule has 2 aromatic rings. The molecule has 0 bridgehead atoms. The third kappa shape index (κ3) is 7.27. The summed E-state index contributed by atoms with van der Waals surface area (Å²) in [5, 5.41) is 21.6. The van der Waals surface area contributed by atoms with Gasteiger partial charge in [0, 0.05) is 28.3 Å². The molecule has 1 saturated heterocycles. The van der Waals surface area contributed by atoms with E-state index in [0.29, 0.717) is 0 Å². The van der Waals surface area contributed by atoms with E-state index in [-0.39, 0.29) is 25.5 Å². The van der Waals surface area contributed by atoms with Crippen LogP contribution < -0.4 is 10.6 Å². The molecule has 3 N–H and O–H groups in total. The van der Waals surface area contributed by atoms with Crippen molar-refractivity contribution in [2.45, 2.75) is 89.1 Å². The lowest BCUT2D eigenvalue weighted by atomic mass is 9.85. The predicted molar refractivity (Wildman–Crippen MR) is 174 cm³/mol. The Morgan fingerprint density at radius 2 is 1.87 bits per heavy atom. The number of aliphatic carboxylic acids is 1. The van der Waals surface area contributed by atoms with Crippen LogP contribution in [0.4, 0.5) is 4.79 Å². The highest BCUT2D eigenvalue weighted by atomic mass is 32.1. The number of ether oxygens (including phenoxy) is 1. The molecule has 3 aliphatic rings. The summed E-state index contributed by atoms with van der Waals surface area (Å²) < 4.78 is 5.58. The minimum Gasteiger partial charge on any atom is -0.479 e. The third-order valence-corrected chi connectivity index (χ3v) is 9.88.